The highest BCUT2D eigenvalue weighted by Gasteiger charge is 2.22. The van der Waals surface area contributed by atoms with Gasteiger partial charge in [0.05, 0.1) is 19.3 Å². The van der Waals surface area contributed by atoms with E-state index in [0.717, 1.165) is 6.42 Å². The number of carbonyl (C=O) groups excluding carboxylic acids is 1. The van der Waals surface area contributed by atoms with Crippen LogP contribution in [-0.2, 0) is 9.53 Å². The molecule has 0 aromatic rings. The van der Waals surface area contributed by atoms with E-state index in [9.17, 15) is 4.79 Å². The van der Waals surface area contributed by atoms with Crippen LogP contribution in [0.1, 0.15) is 12.8 Å². The van der Waals surface area contributed by atoms with Gasteiger partial charge in [0.1, 0.15) is 0 Å². The smallest absolute Gasteiger partial charge is 0.222 e. The molecule has 5 nitrogen and oxygen atoms in total. The van der Waals surface area contributed by atoms with Gasteiger partial charge in [-0.15, -0.1) is 0 Å². The van der Waals surface area contributed by atoms with Crippen LogP contribution in [-0.4, -0.2) is 54.9 Å². The molecule has 1 rings (SSSR count). The summed E-state index contributed by atoms with van der Waals surface area (Å²) in [7, 11) is 0. The van der Waals surface area contributed by atoms with Crippen LogP contribution < -0.4 is 5.73 Å². The number of hydrogen-bond donors (Lipinski definition) is 2. The first-order valence-electron chi connectivity index (χ1n) is 4.98. The van der Waals surface area contributed by atoms with E-state index >= 15 is 0 Å². The third kappa shape index (κ3) is 3.25. The molecule has 1 heterocycles. The number of nitrogens with zero attached hydrogens (tertiary/aromatic N) is 1. The van der Waals surface area contributed by atoms with Crippen LogP contribution in [0.3, 0.4) is 0 Å². The van der Waals surface area contributed by atoms with E-state index in [1.807, 2.05) is 0 Å². The summed E-state index contributed by atoms with van der Waals surface area (Å²) in [6.45, 7) is 2.15. The molecular formula is C9H18N2O3. The van der Waals surface area contributed by atoms with Crippen LogP contribution >= 0.6 is 0 Å². The second-order valence-electron chi connectivity index (χ2n) is 3.41. The van der Waals surface area contributed by atoms with Crippen LogP contribution in [0.5, 0.6) is 0 Å². The van der Waals surface area contributed by atoms with E-state index in [1.54, 1.807) is 4.90 Å². The monoisotopic (exact) mass is 202 g/mol. The molecule has 1 atom stereocenters. The highest BCUT2D eigenvalue weighted by Crippen LogP contribution is 2.06. The first kappa shape index (κ1) is 11.4. The van der Waals surface area contributed by atoms with Crippen molar-refractivity contribution in [2.24, 2.45) is 5.73 Å². The second kappa shape index (κ2) is 5.95. The summed E-state index contributed by atoms with van der Waals surface area (Å²) in [4.78, 5) is 13.3. The fraction of sp³-hybridized carbons (Fsp3) is 0.889. The molecule has 0 saturated carbocycles. The Bertz CT molecular complexity index is 187. The summed E-state index contributed by atoms with van der Waals surface area (Å²) in [6.07, 6.45) is 1.000. The van der Waals surface area contributed by atoms with Crippen molar-refractivity contribution in [1.82, 2.24) is 4.90 Å². The lowest BCUT2D eigenvalue weighted by molar-refractivity contribution is -0.140. The molecular weight excluding hydrogens is 184 g/mol. The van der Waals surface area contributed by atoms with E-state index in [0.29, 0.717) is 32.7 Å². The maximum absolute atomic E-state index is 11.6. The van der Waals surface area contributed by atoms with E-state index in [1.165, 1.54) is 0 Å². The Hall–Kier alpha value is -0.650. The molecule has 82 valence electrons. The van der Waals surface area contributed by atoms with Gasteiger partial charge in [0.15, 0.2) is 0 Å². The number of carbonyl (C=O) groups is 1. The standard InChI is InChI=1S/C9H18N2O3/c10-3-1-2-9(13)11-4-5-14-8(6-11)7-12/h8,12H,1-7,10H2. The Balaban J connectivity index is 2.31. The number of aliphatic hydroxyl groups excluding tert-OH is 1. The van der Waals surface area contributed by atoms with Crippen LogP contribution in [0.25, 0.3) is 0 Å². The fourth-order valence-corrected chi connectivity index (χ4v) is 1.47. The van der Waals surface area contributed by atoms with E-state index in [4.69, 9.17) is 15.6 Å². The molecule has 1 unspecified atom stereocenters. The minimum atomic E-state index is -0.217. The maximum Gasteiger partial charge on any atom is 0.222 e. The summed E-state index contributed by atoms with van der Waals surface area (Å²) in [5.74, 6) is 0.109. The fourth-order valence-electron chi connectivity index (χ4n) is 1.47. The van der Waals surface area contributed by atoms with Gasteiger partial charge >= 0.3 is 0 Å². The van der Waals surface area contributed by atoms with Crippen molar-refractivity contribution in [2.75, 3.05) is 32.8 Å². The summed E-state index contributed by atoms with van der Waals surface area (Å²) < 4.78 is 5.24. The van der Waals surface area contributed by atoms with E-state index in [-0.39, 0.29) is 18.6 Å². The van der Waals surface area contributed by atoms with Crippen LogP contribution in [0.2, 0.25) is 0 Å². The average Bonchev–Trinajstić information content (AvgIpc) is 2.26. The Labute approximate surface area is 83.8 Å². The van der Waals surface area contributed by atoms with Crippen molar-refractivity contribution in [1.29, 1.82) is 0 Å². The first-order valence-corrected chi connectivity index (χ1v) is 4.98. The third-order valence-electron chi connectivity index (χ3n) is 2.29. The lowest BCUT2D eigenvalue weighted by atomic mass is 10.2. The molecule has 1 amide bonds. The van der Waals surface area contributed by atoms with Crippen molar-refractivity contribution in [3.8, 4) is 0 Å². The minimum absolute atomic E-state index is 0.0271. The maximum atomic E-state index is 11.6. The minimum Gasteiger partial charge on any atom is -0.394 e. The Morgan fingerprint density at radius 1 is 1.64 bits per heavy atom. The predicted molar refractivity (Wildman–Crippen MR) is 51.7 cm³/mol. The van der Waals surface area contributed by atoms with Gasteiger partial charge < -0.3 is 20.5 Å². The van der Waals surface area contributed by atoms with Crippen molar-refractivity contribution >= 4 is 5.91 Å². The molecule has 1 aliphatic heterocycles. The molecule has 1 aliphatic rings. The van der Waals surface area contributed by atoms with Crippen LogP contribution in [0, 0.1) is 0 Å². The van der Waals surface area contributed by atoms with Crippen molar-refractivity contribution in [3.05, 3.63) is 0 Å². The number of amides is 1. The number of ether oxygens (including phenoxy) is 1. The van der Waals surface area contributed by atoms with E-state index in [2.05, 4.69) is 0 Å². The zero-order chi connectivity index (χ0) is 10.4. The average molecular weight is 202 g/mol. The number of morpholine rings is 1. The lowest BCUT2D eigenvalue weighted by Gasteiger charge is -2.32. The molecule has 1 fully saturated rings. The number of aliphatic hydroxyl groups is 1. The summed E-state index contributed by atoms with van der Waals surface area (Å²) in [5.41, 5.74) is 5.32. The molecule has 0 spiro atoms. The largest absolute Gasteiger partial charge is 0.394 e. The third-order valence-corrected chi connectivity index (χ3v) is 2.29. The van der Waals surface area contributed by atoms with Crippen molar-refractivity contribution < 1.29 is 14.6 Å². The SMILES string of the molecule is NCCCC(=O)N1CCOC(CO)C1. The summed E-state index contributed by atoms with van der Waals surface area (Å²) in [5, 5.41) is 8.88. The Kier molecular flexibility index (Phi) is 4.86. The quantitative estimate of drug-likeness (QED) is 0.609. The number of nitrogens with two attached hydrogens (primary N) is 1. The highest BCUT2D eigenvalue weighted by atomic mass is 16.5. The van der Waals surface area contributed by atoms with Gasteiger partial charge in [-0.25, -0.2) is 0 Å². The van der Waals surface area contributed by atoms with E-state index < -0.39 is 0 Å². The zero-order valence-corrected chi connectivity index (χ0v) is 8.32. The van der Waals surface area contributed by atoms with Crippen LogP contribution in [0.15, 0.2) is 0 Å². The van der Waals surface area contributed by atoms with Crippen molar-refractivity contribution in [2.45, 2.75) is 18.9 Å². The lowest BCUT2D eigenvalue weighted by Crippen LogP contribution is -2.46. The molecule has 5 heteroatoms. The van der Waals surface area contributed by atoms with Crippen LogP contribution in [0.4, 0.5) is 0 Å². The predicted octanol–water partition coefficient (Wildman–Crippen LogP) is -1.05. The van der Waals surface area contributed by atoms with Gasteiger partial charge in [-0.05, 0) is 13.0 Å². The Morgan fingerprint density at radius 3 is 3.07 bits per heavy atom. The number of rotatable bonds is 4. The van der Waals surface area contributed by atoms with Gasteiger partial charge in [0.25, 0.3) is 0 Å². The van der Waals surface area contributed by atoms with Gasteiger partial charge in [0, 0.05) is 19.5 Å². The highest BCUT2D eigenvalue weighted by molar-refractivity contribution is 5.76. The normalized spacial score (nSPS) is 22.4. The molecule has 0 bridgehead atoms. The summed E-state index contributed by atoms with van der Waals surface area (Å²) in [6, 6.07) is 0. The molecule has 3 N–H and O–H groups in total. The molecule has 0 radical (unpaired) electrons. The second-order valence-corrected chi connectivity index (χ2v) is 3.41. The zero-order valence-electron chi connectivity index (χ0n) is 8.32. The Morgan fingerprint density at radius 2 is 2.43 bits per heavy atom. The topological polar surface area (TPSA) is 75.8 Å². The summed E-state index contributed by atoms with van der Waals surface area (Å²) >= 11 is 0. The van der Waals surface area contributed by atoms with Gasteiger partial charge in [-0.2, -0.15) is 0 Å². The molecule has 0 aromatic carbocycles. The molecule has 1 saturated heterocycles. The molecule has 0 aliphatic carbocycles. The first-order chi connectivity index (χ1) is 6.77. The molecule has 14 heavy (non-hydrogen) atoms. The van der Waals surface area contributed by atoms with Gasteiger partial charge in [0.2, 0.25) is 5.91 Å². The van der Waals surface area contributed by atoms with Gasteiger partial charge in [-0.3, -0.25) is 4.79 Å². The number of hydrogen-bond acceptors (Lipinski definition) is 4. The van der Waals surface area contributed by atoms with Crippen molar-refractivity contribution in [3.63, 3.8) is 0 Å². The molecule has 0 aromatic heterocycles. The van der Waals surface area contributed by atoms with Gasteiger partial charge in [-0.1, -0.05) is 0 Å².